The molecule has 1 fully saturated rings. The van der Waals surface area contributed by atoms with E-state index in [0.717, 1.165) is 31.4 Å². The summed E-state index contributed by atoms with van der Waals surface area (Å²) in [5.74, 6) is 0.658. The Morgan fingerprint density at radius 3 is 2.35 bits per heavy atom. The molecule has 0 aliphatic heterocycles. The Morgan fingerprint density at radius 1 is 1.19 bits per heavy atom. The molecule has 2 atom stereocenters. The molecule has 0 amide bonds. The first-order valence-electron chi connectivity index (χ1n) is 9.01. The van der Waals surface area contributed by atoms with Gasteiger partial charge in [-0.15, -0.1) is 0 Å². The Bertz CT molecular complexity index is 723. The highest BCUT2D eigenvalue weighted by molar-refractivity contribution is 7.89. The highest BCUT2D eigenvalue weighted by Crippen LogP contribution is 2.18. The second-order valence-electron chi connectivity index (χ2n) is 8.12. The largest absolute Gasteiger partial charge is 0.352 e. The van der Waals surface area contributed by atoms with Gasteiger partial charge in [-0.1, -0.05) is 33.6 Å². The van der Waals surface area contributed by atoms with Crippen molar-refractivity contribution in [2.75, 3.05) is 11.9 Å². The molecule has 1 aromatic carbocycles. The van der Waals surface area contributed by atoms with E-state index in [4.69, 9.17) is 10.9 Å². The van der Waals surface area contributed by atoms with Crippen molar-refractivity contribution in [3.05, 3.63) is 24.3 Å². The molecule has 0 radical (unpaired) electrons. The van der Waals surface area contributed by atoms with Gasteiger partial charge >= 0.3 is 0 Å². The van der Waals surface area contributed by atoms with Crippen molar-refractivity contribution in [3.8, 4) is 0 Å². The van der Waals surface area contributed by atoms with Crippen LogP contribution in [-0.2, 0) is 10.0 Å². The van der Waals surface area contributed by atoms with Crippen molar-refractivity contribution in [2.24, 2.45) is 21.3 Å². The van der Waals surface area contributed by atoms with Crippen LogP contribution in [0.2, 0.25) is 0 Å². The molecule has 8 heteroatoms. The molecule has 0 unspecified atom stereocenters. The van der Waals surface area contributed by atoms with Crippen LogP contribution in [0.25, 0.3) is 0 Å². The Hall–Kier alpha value is -1.64. The maximum atomic E-state index is 11.4. The second-order valence-corrected chi connectivity index (χ2v) is 9.68. The number of nitrogens with two attached hydrogens (primary N) is 2. The van der Waals surface area contributed by atoms with Gasteiger partial charge < -0.3 is 16.4 Å². The molecule has 0 bridgehead atoms. The standard InChI is InChI=1S/C18H31N5O2S/c1-18(2,3)12-21-17(23-16-7-5-4-6-15(16)19)22-13-8-10-14(11-9-13)26(20,24)25/h8-11,15-16H,4-7,12,19H2,1-3H3,(H2,20,24,25)(H2,21,22,23)/t15-,16-/m0/s1. The molecular formula is C18H31N5O2S. The number of hydrogen-bond donors (Lipinski definition) is 4. The Balaban J connectivity index is 2.15. The SMILES string of the molecule is CC(C)(C)CN=C(Nc1ccc(S(N)(=O)=O)cc1)N[C@H]1CCCC[C@@H]1N. The summed E-state index contributed by atoms with van der Waals surface area (Å²) in [6.07, 6.45) is 4.34. The molecule has 1 aliphatic carbocycles. The van der Waals surface area contributed by atoms with Gasteiger partial charge in [0.2, 0.25) is 10.0 Å². The third-order valence-corrected chi connectivity index (χ3v) is 5.23. The summed E-state index contributed by atoms with van der Waals surface area (Å²) in [6, 6.07) is 6.59. The number of nitrogens with zero attached hydrogens (tertiary/aromatic N) is 1. The lowest BCUT2D eigenvalue weighted by atomic mass is 9.91. The topological polar surface area (TPSA) is 123 Å². The van der Waals surface area contributed by atoms with Gasteiger partial charge in [-0.2, -0.15) is 0 Å². The first kappa shape index (κ1) is 20.7. The van der Waals surface area contributed by atoms with Crippen molar-refractivity contribution in [1.82, 2.24) is 5.32 Å². The predicted octanol–water partition coefficient (Wildman–Crippen LogP) is 2.01. The Morgan fingerprint density at radius 2 is 1.81 bits per heavy atom. The third-order valence-electron chi connectivity index (χ3n) is 4.30. The number of aliphatic imine (C=N–C) groups is 1. The number of sulfonamides is 1. The van der Waals surface area contributed by atoms with Gasteiger partial charge in [0.25, 0.3) is 0 Å². The fourth-order valence-electron chi connectivity index (χ4n) is 2.82. The van der Waals surface area contributed by atoms with E-state index in [0.29, 0.717) is 12.5 Å². The van der Waals surface area contributed by atoms with E-state index in [1.807, 2.05) is 0 Å². The minimum Gasteiger partial charge on any atom is -0.352 e. The number of benzene rings is 1. The van der Waals surface area contributed by atoms with Gasteiger partial charge in [-0.05, 0) is 42.5 Å². The number of anilines is 1. The normalized spacial score (nSPS) is 22.1. The highest BCUT2D eigenvalue weighted by Gasteiger charge is 2.23. The maximum Gasteiger partial charge on any atom is 0.238 e. The van der Waals surface area contributed by atoms with Crippen LogP contribution in [0.15, 0.2) is 34.2 Å². The Labute approximate surface area is 156 Å². The summed E-state index contributed by atoms with van der Waals surface area (Å²) in [4.78, 5) is 4.77. The molecule has 1 aromatic rings. The average molecular weight is 382 g/mol. The van der Waals surface area contributed by atoms with Gasteiger partial charge in [0, 0.05) is 24.3 Å². The summed E-state index contributed by atoms with van der Waals surface area (Å²) in [5, 5.41) is 11.8. The van der Waals surface area contributed by atoms with Crippen molar-refractivity contribution in [3.63, 3.8) is 0 Å². The molecule has 0 spiro atoms. The molecule has 0 saturated heterocycles. The lowest BCUT2D eigenvalue weighted by molar-refractivity contribution is 0.359. The maximum absolute atomic E-state index is 11.4. The molecule has 0 aromatic heterocycles. The lowest BCUT2D eigenvalue weighted by Crippen LogP contribution is -2.51. The molecular weight excluding hydrogens is 350 g/mol. The highest BCUT2D eigenvalue weighted by atomic mass is 32.2. The van der Waals surface area contributed by atoms with Crippen molar-refractivity contribution >= 4 is 21.7 Å². The van der Waals surface area contributed by atoms with E-state index in [2.05, 4.69) is 36.4 Å². The molecule has 0 heterocycles. The Kier molecular flexibility index (Phi) is 6.65. The lowest BCUT2D eigenvalue weighted by Gasteiger charge is -2.31. The van der Waals surface area contributed by atoms with Gasteiger partial charge in [-0.25, -0.2) is 13.6 Å². The zero-order chi connectivity index (χ0) is 19.4. The number of primary sulfonamides is 1. The predicted molar refractivity (Wildman–Crippen MR) is 107 cm³/mol. The number of rotatable bonds is 4. The number of nitrogens with one attached hydrogen (secondary N) is 2. The van der Waals surface area contributed by atoms with Gasteiger partial charge in [0.15, 0.2) is 5.96 Å². The fraction of sp³-hybridized carbons (Fsp3) is 0.611. The van der Waals surface area contributed by atoms with Crippen molar-refractivity contribution in [1.29, 1.82) is 0 Å². The average Bonchev–Trinajstić information content (AvgIpc) is 2.53. The molecule has 7 nitrogen and oxygen atoms in total. The van der Waals surface area contributed by atoms with Gasteiger partial charge in [0.05, 0.1) is 4.90 Å². The summed E-state index contributed by atoms with van der Waals surface area (Å²) < 4.78 is 22.8. The van der Waals surface area contributed by atoms with Gasteiger partial charge in [-0.3, -0.25) is 4.99 Å². The monoisotopic (exact) mass is 381 g/mol. The van der Waals surface area contributed by atoms with Crippen LogP contribution >= 0.6 is 0 Å². The quantitative estimate of drug-likeness (QED) is 0.469. The van der Waals surface area contributed by atoms with E-state index < -0.39 is 10.0 Å². The first-order chi connectivity index (χ1) is 12.0. The number of hydrogen-bond acceptors (Lipinski definition) is 4. The molecule has 2 rings (SSSR count). The van der Waals surface area contributed by atoms with Crippen LogP contribution in [0.1, 0.15) is 46.5 Å². The van der Waals surface area contributed by atoms with Crippen LogP contribution in [0, 0.1) is 5.41 Å². The van der Waals surface area contributed by atoms with E-state index in [9.17, 15) is 8.42 Å². The summed E-state index contributed by atoms with van der Waals surface area (Å²) in [5.41, 5.74) is 7.04. The van der Waals surface area contributed by atoms with E-state index in [1.54, 1.807) is 12.1 Å². The third kappa shape index (κ3) is 6.59. The number of guanidine groups is 1. The summed E-state index contributed by atoms with van der Waals surface area (Å²) in [7, 11) is -3.70. The minimum absolute atomic E-state index is 0.0563. The zero-order valence-electron chi connectivity index (χ0n) is 15.8. The van der Waals surface area contributed by atoms with E-state index in [1.165, 1.54) is 12.1 Å². The smallest absolute Gasteiger partial charge is 0.238 e. The zero-order valence-corrected chi connectivity index (χ0v) is 16.6. The second kappa shape index (κ2) is 8.37. The van der Waals surface area contributed by atoms with Crippen LogP contribution < -0.4 is 21.5 Å². The molecule has 1 aliphatic rings. The first-order valence-corrected chi connectivity index (χ1v) is 10.6. The van der Waals surface area contributed by atoms with Crippen LogP contribution in [0.3, 0.4) is 0 Å². The van der Waals surface area contributed by atoms with Crippen LogP contribution in [0.5, 0.6) is 0 Å². The van der Waals surface area contributed by atoms with Crippen molar-refractivity contribution in [2.45, 2.75) is 63.4 Å². The minimum atomic E-state index is -3.70. The molecule has 1 saturated carbocycles. The van der Waals surface area contributed by atoms with Crippen LogP contribution in [0.4, 0.5) is 5.69 Å². The summed E-state index contributed by atoms with van der Waals surface area (Å²) in [6.45, 7) is 7.03. The molecule has 146 valence electrons. The van der Waals surface area contributed by atoms with Crippen LogP contribution in [-0.4, -0.2) is 33.0 Å². The van der Waals surface area contributed by atoms with Crippen molar-refractivity contribution < 1.29 is 8.42 Å². The van der Waals surface area contributed by atoms with E-state index >= 15 is 0 Å². The van der Waals surface area contributed by atoms with Gasteiger partial charge in [0.1, 0.15) is 0 Å². The molecule has 6 N–H and O–H groups in total. The molecule has 26 heavy (non-hydrogen) atoms. The van der Waals surface area contributed by atoms with E-state index in [-0.39, 0.29) is 22.4 Å². The summed E-state index contributed by atoms with van der Waals surface area (Å²) >= 11 is 0. The fourth-order valence-corrected chi connectivity index (χ4v) is 3.33.